The van der Waals surface area contributed by atoms with Gasteiger partial charge in [0.15, 0.2) is 0 Å². The van der Waals surface area contributed by atoms with E-state index >= 15 is 0 Å². The molecule has 1 fully saturated rings. The van der Waals surface area contributed by atoms with Gasteiger partial charge in [-0.3, -0.25) is 0 Å². The quantitative estimate of drug-likeness (QED) is 0.0468. The summed E-state index contributed by atoms with van der Waals surface area (Å²) >= 11 is 0. The molecule has 0 spiro atoms. The number of hydrogen-bond donors (Lipinski definition) is 1. The Morgan fingerprint density at radius 3 is 0.952 bits per heavy atom. The monoisotopic (exact) mass is 593 g/mol. The van der Waals surface area contributed by atoms with Crippen LogP contribution in [0.3, 0.4) is 0 Å². The Labute approximate surface area is 264 Å². The maximum atomic E-state index is 8.08. The molecule has 0 saturated carbocycles. The van der Waals surface area contributed by atoms with Gasteiger partial charge >= 0.3 is 0 Å². The number of hydrogen-bond acceptors (Lipinski definition) is 3. The molecule has 1 N–H and O–H groups in total. The average Bonchev–Trinajstić information content (AvgIpc) is 3.85. The van der Waals surface area contributed by atoms with Gasteiger partial charge in [0.05, 0.1) is 25.7 Å². The lowest BCUT2D eigenvalue weighted by atomic mass is 10.0. The highest BCUT2D eigenvalue weighted by atomic mass is 16.6. The summed E-state index contributed by atoms with van der Waals surface area (Å²) in [6, 6.07) is 0. The van der Waals surface area contributed by atoms with Crippen molar-refractivity contribution in [1.29, 1.82) is 0 Å². The summed E-state index contributed by atoms with van der Waals surface area (Å²) < 4.78 is 10.1. The number of epoxide rings is 1. The Morgan fingerprint density at radius 2 is 0.738 bits per heavy atom. The van der Waals surface area contributed by atoms with Crippen molar-refractivity contribution in [2.24, 2.45) is 0 Å². The molecule has 0 aromatic carbocycles. The number of ether oxygens (including phenoxy) is 2. The van der Waals surface area contributed by atoms with Crippen LogP contribution in [-0.4, -0.2) is 24.4 Å². The molecule has 3 heteroatoms. The van der Waals surface area contributed by atoms with Crippen LogP contribution in [-0.2, 0) is 9.47 Å². The fourth-order valence-electron chi connectivity index (χ4n) is 5.38. The van der Waals surface area contributed by atoms with E-state index in [0.717, 1.165) is 19.4 Å². The average molecular weight is 593 g/mol. The maximum Gasteiger partial charge on any atom is 0.104 e. The van der Waals surface area contributed by atoms with E-state index in [1.165, 1.54) is 180 Å². The fraction of sp³-hybridized carbons (Fsp3) is 0.897. The Hall–Kier alpha value is -0.800. The van der Waals surface area contributed by atoms with Crippen LogP contribution in [0.5, 0.6) is 0 Å². The number of unbranched alkanes of at least 4 members (excludes halogenated alkanes) is 28. The van der Waals surface area contributed by atoms with Gasteiger partial charge in [0.25, 0.3) is 0 Å². The van der Waals surface area contributed by atoms with Crippen molar-refractivity contribution in [2.45, 2.75) is 213 Å². The van der Waals surface area contributed by atoms with Crippen molar-refractivity contribution < 1.29 is 14.6 Å². The second kappa shape index (κ2) is 38.2. The number of aliphatic hydroxyl groups is 1. The first-order valence-corrected chi connectivity index (χ1v) is 19.0. The first kappa shape index (κ1) is 41.2. The lowest BCUT2D eigenvalue weighted by molar-refractivity contribution is 0.244. The zero-order chi connectivity index (χ0) is 30.4. The van der Waals surface area contributed by atoms with E-state index in [-0.39, 0.29) is 12.7 Å². The minimum absolute atomic E-state index is 0.190. The second-order valence-electron chi connectivity index (χ2n) is 12.8. The summed E-state index contributed by atoms with van der Waals surface area (Å²) in [6.45, 7) is 5.55. The summed E-state index contributed by atoms with van der Waals surface area (Å²) in [5, 5.41) is 8.08. The Bertz CT molecular complexity index is 486. The predicted octanol–water partition coefficient (Wildman–Crippen LogP) is 13.2. The Kier molecular flexibility index (Phi) is 37.5. The van der Waals surface area contributed by atoms with Crippen molar-refractivity contribution in [2.75, 3.05) is 13.2 Å². The van der Waals surface area contributed by atoms with E-state index < -0.39 is 0 Å². The minimum atomic E-state index is 0.190. The van der Waals surface area contributed by atoms with E-state index in [1.807, 2.05) is 12.5 Å². The molecule has 1 aliphatic rings. The molecule has 1 aliphatic heterocycles. The standard InChI is InChI=1S/C36H70O.C3H6O2/c1-3-5-7-9-11-13-15-17-19-21-23-25-27-29-31-33-35-37-36-34-32-30-28-26-24-22-20-18-16-14-12-10-8-6-4-2;4-1-3-2-5-3/h33-36H,3-32H2,1-2H3;3-4H,1-2H2/b35-33+,36-34+;. The van der Waals surface area contributed by atoms with Gasteiger partial charge in [-0.1, -0.05) is 181 Å². The van der Waals surface area contributed by atoms with E-state index in [1.54, 1.807) is 0 Å². The van der Waals surface area contributed by atoms with E-state index in [0.29, 0.717) is 0 Å². The molecule has 1 unspecified atom stereocenters. The second-order valence-corrected chi connectivity index (χ2v) is 12.8. The topological polar surface area (TPSA) is 42.0 Å². The third kappa shape index (κ3) is 39.2. The third-order valence-corrected chi connectivity index (χ3v) is 8.40. The van der Waals surface area contributed by atoms with Crippen LogP contribution in [0.2, 0.25) is 0 Å². The molecular weight excluding hydrogens is 516 g/mol. The fourth-order valence-corrected chi connectivity index (χ4v) is 5.38. The lowest BCUT2D eigenvalue weighted by Crippen LogP contribution is -1.88. The summed E-state index contributed by atoms with van der Waals surface area (Å²) in [4.78, 5) is 0. The van der Waals surface area contributed by atoms with E-state index in [4.69, 9.17) is 9.84 Å². The molecule has 0 bridgehead atoms. The van der Waals surface area contributed by atoms with Gasteiger partial charge in [0.2, 0.25) is 0 Å². The largest absolute Gasteiger partial charge is 0.473 e. The molecule has 0 aromatic rings. The van der Waals surface area contributed by atoms with Crippen LogP contribution in [0, 0.1) is 0 Å². The van der Waals surface area contributed by atoms with Crippen LogP contribution >= 0.6 is 0 Å². The van der Waals surface area contributed by atoms with Gasteiger partial charge in [-0.2, -0.15) is 0 Å². The van der Waals surface area contributed by atoms with Gasteiger partial charge in [-0.05, 0) is 37.8 Å². The summed E-state index contributed by atoms with van der Waals surface area (Å²) in [7, 11) is 0. The summed E-state index contributed by atoms with van der Waals surface area (Å²) in [5.41, 5.74) is 0. The van der Waals surface area contributed by atoms with Gasteiger partial charge in [0, 0.05) is 0 Å². The molecule has 3 nitrogen and oxygen atoms in total. The molecule has 0 aromatic heterocycles. The first-order chi connectivity index (χ1) is 20.8. The maximum absolute atomic E-state index is 8.08. The molecule has 1 rings (SSSR count). The predicted molar refractivity (Wildman–Crippen MR) is 186 cm³/mol. The van der Waals surface area contributed by atoms with Crippen molar-refractivity contribution >= 4 is 0 Å². The lowest BCUT2D eigenvalue weighted by Gasteiger charge is -2.03. The van der Waals surface area contributed by atoms with E-state index in [9.17, 15) is 0 Å². The molecule has 0 aliphatic carbocycles. The number of aliphatic hydroxyl groups excluding tert-OH is 1. The van der Waals surface area contributed by atoms with Crippen LogP contribution < -0.4 is 0 Å². The van der Waals surface area contributed by atoms with Crippen molar-refractivity contribution in [3.05, 3.63) is 24.7 Å². The molecular formula is C39H76O3. The minimum Gasteiger partial charge on any atom is -0.473 e. The van der Waals surface area contributed by atoms with Gasteiger partial charge in [0.1, 0.15) is 6.10 Å². The molecule has 250 valence electrons. The van der Waals surface area contributed by atoms with Crippen molar-refractivity contribution in [1.82, 2.24) is 0 Å². The molecule has 0 radical (unpaired) electrons. The van der Waals surface area contributed by atoms with Gasteiger partial charge in [-0.15, -0.1) is 0 Å². The summed E-state index contributed by atoms with van der Waals surface area (Å²) in [5.74, 6) is 0. The first-order valence-electron chi connectivity index (χ1n) is 19.0. The third-order valence-electron chi connectivity index (χ3n) is 8.40. The molecule has 1 atom stereocenters. The van der Waals surface area contributed by atoms with Crippen molar-refractivity contribution in [3.63, 3.8) is 0 Å². The van der Waals surface area contributed by atoms with Crippen LogP contribution in [0.25, 0.3) is 0 Å². The number of rotatable bonds is 33. The smallest absolute Gasteiger partial charge is 0.104 e. The normalized spacial score (nSPS) is 14.5. The highest BCUT2D eigenvalue weighted by Gasteiger charge is 2.19. The molecule has 1 heterocycles. The molecule has 0 amide bonds. The summed E-state index contributed by atoms with van der Waals surface area (Å²) in [6.07, 6.45) is 50.6. The Balaban J connectivity index is 0.00000301. The molecule has 42 heavy (non-hydrogen) atoms. The Morgan fingerprint density at radius 1 is 0.476 bits per heavy atom. The van der Waals surface area contributed by atoms with Gasteiger partial charge < -0.3 is 14.6 Å². The van der Waals surface area contributed by atoms with Gasteiger partial charge in [-0.25, -0.2) is 0 Å². The van der Waals surface area contributed by atoms with E-state index in [2.05, 4.69) is 30.7 Å². The van der Waals surface area contributed by atoms with Crippen LogP contribution in [0.15, 0.2) is 24.7 Å². The van der Waals surface area contributed by atoms with Crippen LogP contribution in [0.1, 0.15) is 206 Å². The van der Waals surface area contributed by atoms with Crippen LogP contribution in [0.4, 0.5) is 0 Å². The zero-order valence-electron chi connectivity index (χ0n) is 28.8. The highest BCUT2D eigenvalue weighted by Crippen LogP contribution is 2.15. The number of allylic oxidation sites excluding steroid dienone is 2. The SMILES string of the molecule is CCCCCCCCCCCCCCCC/C=C/O/C=C/CCCCCCCCCCCCCCCC.OCC1CO1. The van der Waals surface area contributed by atoms with Crippen molar-refractivity contribution in [3.8, 4) is 0 Å². The zero-order valence-corrected chi connectivity index (χ0v) is 28.8. The highest BCUT2D eigenvalue weighted by molar-refractivity contribution is 4.79. The molecule has 1 saturated heterocycles.